The molecule has 27 heavy (non-hydrogen) atoms. The lowest BCUT2D eigenvalue weighted by Gasteiger charge is -2.37. The summed E-state index contributed by atoms with van der Waals surface area (Å²) in [6.07, 6.45) is 0.167. The Hall–Kier alpha value is -2.16. The van der Waals surface area contributed by atoms with E-state index >= 15 is 0 Å². The van der Waals surface area contributed by atoms with E-state index in [1.165, 1.54) is 18.7 Å². The van der Waals surface area contributed by atoms with Crippen LogP contribution in [0.3, 0.4) is 0 Å². The normalized spacial score (nSPS) is 21.5. The van der Waals surface area contributed by atoms with Gasteiger partial charge in [0.1, 0.15) is 5.54 Å². The highest BCUT2D eigenvalue weighted by Crippen LogP contribution is 2.38. The van der Waals surface area contributed by atoms with Gasteiger partial charge in [-0.3, -0.25) is 14.4 Å². The Morgan fingerprint density at radius 3 is 2.44 bits per heavy atom. The number of carbonyl (C=O) groups is 4. The fourth-order valence-electron chi connectivity index (χ4n) is 2.86. The Kier molecular flexibility index (Phi) is 6.14. The first-order valence-corrected chi connectivity index (χ1v) is 9.15. The number of morpholine rings is 1. The molecular formula is C18H28N2O7. The zero-order chi connectivity index (χ0) is 20.4. The van der Waals surface area contributed by atoms with Gasteiger partial charge in [0.2, 0.25) is 5.91 Å². The van der Waals surface area contributed by atoms with Gasteiger partial charge < -0.3 is 24.8 Å². The third kappa shape index (κ3) is 5.18. The van der Waals surface area contributed by atoms with E-state index < -0.39 is 35.1 Å². The molecule has 0 radical (unpaired) electrons. The van der Waals surface area contributed by atoms with Gasteiger partial charge in [0.15, 0.2) is 5.60 Å². The molecule has 0 aromatic carbocycles. The van der Waals surface area contributed by atoms with Crippen LogP contribution < -0.4 is 5.32 Å². The van der Waals surface area contributed by atoms with Crippen LogP contribution in [0.4, 0.5) is 0 Å². The second kappa shape index (κ2) is 7.84. The van der Waals surface area contributed by atoms with Crippen molar-refractivity contribution in [3.63, 3.8) is 0 Å². The number of carbonyl (C=O) groups excluding carboxylic acids is 3. The molecule has 9 nitrogen and oxygen atoms in total. The van der Waals surface area contributed by atoms with Crippen molar-refractivity contribution < 1.29 is 33.8 Å². The van der Waals surface area contributed by atoms with Crippen LogP contribution in [-0.4, -0.2) is 70.7 Å². The zero-order valence-corrected chi connectivity index (χ0v) is 16.2. The summed E-state index contributed by atoms with van der Waals surface area (Å²) >= 11 is 0. The van der Waals surface area contributed by atoms with Crippen molar-refractivity contribution in [3.05, 3.63) is 0 Å². The van der Waals surface area contributed by atoms with Gasteiger partial charge in [-0.05, 0) is 26.7 Å². The number of aliphatic carboxylic acids is 1. The van der Waals surface area contributed by atoms with Crippen LogP contribution in [-0.2, 0) is 28.7 Å². The average molecular weight is 384 g/mol. The highest BCUT2D eigenvalue weighted by Gasteiger charge is 2.55. The summed E-state index contributed by atoms with van der Waals surface area (Å²) < 4.78 is 10.8. The molecule has 2 amide bonds. The van der Waals surface area contributed by atoms with Gasteiger partial charge in [-0.15, -0.1) is 0 Å². The van der Waals surface area contributed by atoms with E-state index in [4.69, 9.17) is 14.6 Å². The molecule has 1 aliphatic carbocycles. The number of nitrogens with zero attached hydrogens (tertiary/aromatic N) is 1. The second-order valence-corrected chi connectivity index (χ2v) is 7.97. The van der Waals surface area contributed by atoms with Crippen molar-refractivity contribution >= 4 is 23.8 Å². The SMILES string of the molecule is CC(C)C(=O)NC1(C(=O)OC(C)(C)C(=O)N2CCOC(CC(=O)O)C2)CC1. The van der Waals surface area contributed by atoms with E-state index in [-0.39, 0.29) is 31.4 Å². The maximum Gasteiger partial charge on any atom is 0.332 e. The standard InChI is InChI=1S/C18H28N2O7/c1-11(2)14(23)19-18(5-6-18)16(25)27-17(3,4)15(24)20-7-8-26-12(10-20)9-13(21)22/h11-12H,5-10H2,1-4H3,(H,19,23)(H,21,22). The van der Waals surface area contributed by atoms with E-state index in [1.807, 2.05) is 0 Å². The van der Waals surface area contributed by atoms with E-state index in [2.05, 4.69) is 5.32 Å². The quantitative estimate of drug-likeness (QED) is 0.606. The minimum Gasteiger partial charge on any atom is -0.481 e. The maximum atomic E-state index is 12.8. The van der Waals surface area contributed by atoms with E-state index in [1.54, 1.807) is 13.8 Å². The Balaban J connectivity index is 1.98. The number of rotatable bonds is 7. The number of hydrogen-bond donors (Lipinski definition) is 2. The van der Waals surface area contributed by atoms with E-state index in [9.17, 15) is 19.2 Å². The van der Waals surface area contributed by atoms with Crippen LogP contribution >= 0.6 is 0 Å². The molecule has 1 aliphatic heterocycles. The first kappa shape index (κ1) is 21.1. The van der Waals surface area contributed by atoms with Gasteiger partial charge in [0, 0.05) is 19.0 Å². The van der Waals surface area contributed by atoms with Gasteiger partial charge in [0.05, 0.1) is 19.1 Å². The maximum absolute atomic E-state index is 12.8. The largest absolute Gasteiger partial charge is 0.481 e. The molecule has 1 unspecified atom stereocenters. The van der Waals surface area contributed by atoms with Crippen molar-refractivity contribution in [3.8, 4) is 0 Å². The molecule has 1 atom stereocenters. The molecule has 2 fully saturated rings. The molecule has 0 spiro atoms. The smallest absolute Gasteiger partial charge is 0.332 e. The molecule has 1 saturated carbocycles. The van der Waals surface area contributed by atoms with Crippen LogP contribution in [0.2, 0.25) is 0 Å². The topological polar surface area (TPSA) is 122 Å². The molecular weight excluding hydrogens is 356 g/mol. The third-order valence-electron chi connectivity index (χ3n) is 4.72. The highest BCUT2D eigenvalue weighted by atomic mass is 16.6. The summed E-state index contributed by atoms with van der Waals surface area (Å²) in [5.41, 5.74) is -2.48. The van der Waals surface area contributed by atoms with Crippen molar-refractivity contribution in [2.45, 2.75) is 64.2 Å². The summed E-state index contributed by atoms with van der Waals surface area (Å²) in [7, 11) is 0. The lowest BCUT2D eigenvalue weighted by Crippen LogP contribution is -2.56. The predicted molar refractivity (Wildman–Crippen MR) is 93.7 cm³/mol. The average Bonchev–Trinajstić information content (AvgIpc) is 3.34. The van der Waals surface area contributed by atoms with Gasteiger partial charge in [0.25, 0.3) is 5.91 Å². The summed E-state index contributed by atoms with van der Waals surface area (Å²) in [6.45, 7) is 7.10. The first-order valence-electron chi connectivity index (χ1n) is 9.15. The zero-order valence-electron chi connectivity index (χ0n) is 16.2. The molecule has 9 heteroatoms. The van der Waals surface area contributed by atoms with Crippen LogP contribution in [0.1, 0.15) is 47.0 Å². The van der Waals surface area contributed by atoms with Crippen molar-refractivity contribution in [1.82, 2.24) is 10.2 Å². The van der Waals surface area contributed by atoms with E-state index in [0.29, 0.717) is 19.4 Å². The van der Waals surface area contributed by atoms with E-state index in [0.717, 1.165) is 0 Å². The number of ether oxygens (including phenoxy) is 2. The number of amides is 2. The fraction of sp³-hybridized carbons (Fsp3) is 0.778. The molecule has 1 heterocycles. The number of carboxylic acid groups (broad SMARTS) is 1. The lowest BCUT2D eigenvalue weighted by molar-refractivity contribution is -0.176. The summed E-state index contributed by atoms with van der Waals surface area (Å²) in [6, 6.07) is 0. The van der Waals surface area contributed by atoms with Crippen molar-refractivity contribution in [2.75, 3.05) is 19.7 Å². The van der Waals surface area contributed by atoms with Gasteiger partial charge >= 0.3 is 11.9 Å². The minimum absolute atomic E-state index is 0.126. The molecule has 1 saturated heterocycles. The van der Waals surface area contributed by atoms with Gasteiger partial charge in [-0.1, -0.05) is 13.8 Å². The third-order valence-corrected chi connectivity index (χ3v) is 4.72. The second-order valence-electron chi connectivity index (χ2n) is 7.97. The van der Waals surface area contributed by atoms with Gasteiger partial charge in [-0.25, -0.2) is 4.79 Å². The van der Waals surface area contributed by atoms with Crippen LogP contribution in [0.15, 0.2) is 0 Å². The summed E-state index contributed by atoms with van der Waals surface area (Å²) in [5.74, 6) is -2.54. The molecule has 0 bridgehead atoms. The highest BCUT2D eigenvalue weighted by molar-refractivity contribution is 5.94. The van der Waals surface area contributed by atoms with Crippen molar-refractivity contribution in [2.24, 2.45) is 5.92 Å². The molecule has 2 aliphatic rings. The minimum atomic E-state index is -1.43. The Morgan fingerprint density at radius 2 is 1.93 bits per heavy atom. The number of carboxylic acids is 1. The number of esters is 1. The Bertz CT molecular complexity index is 625. The number of nitrogens with one attached hydrogen (secondary N) is 1. The molecule has 2 N–H and O–H groups in total. The lowest BCUT2D eigenvalue weighted by atomic mass is 10.1. The summed E-state index contributed by atoms with van der Waals surface area (Å²) in [5, 5.41) is 11.6. The summed E-state index contributed by atoms with van der Waals surface area (Å²) in [4.78, 5) is 49.6. The van der Waals surface area contributed by atoms with Crippen molar-refractivity contribution in [1.29, 1.82) is 0 Å². The Labute approximate surface area is 158 Å². The van der Waals surface area contributed by atoms with Gasteiger partial charge in [-0.2, -0.15) is 0 Å². The van der Waals surface area contributed by atoms with Crippen LogP contribution in [0, 0.1) is 5.92 Å². The molecule has 152 valence electrons. The number of hydrogen-bond acceptors (Lipinski definition) is 6. The first-order chi connectivity index (χ1) is 12.5. The molecule has 2 rings (SSSR count). The molecule has 0 aromatic rings. The predicted octanol–water partition coefficient (Wildman–Crippen LogP) is 0.315. The Morgan fingerprint density at radius 1 is 1.30 bits per heavy atom. The fourth-order valence-corrected chi connectivity index (χ4v) is 2.86. The van der Waals surface area contributed by atoms with Crippen LogP contribution in [0.5, 0.6) is 0 Å². The molecule has 0 aromatic heterocycles. The van der Waals surface area contributed by atoms with Crippen LogP contribution in [0.25, 0.3) is 0 Å². The monoisotopic (exact) mass is 384 g/mol.